The number of rotatable bonds is 2. The fraction of sp³-hybridized carbons (Fsp3) is 0.385. The first-order chi connectivity index (χ1) is 8.33. The molecule has 1 N–H and O–H groups in total. The molecule has 0 spiro atoms. The molecule has 1 atom stereocenters. The van der Waals surface area contributed by atoms with Gasteiger partial charge in [-0.2, -0.15) is 0 Å². The van der Waals surface area contributed by atoms with Crippen molar-refractivity contribution in [3.05, 3.63) is 36.0 Å². The lowest BCUT2D eigenvalue weighted by atomic mass is 10.1. The quantitative estimate of drug-likeness (QED) is 0.859. The van der Waals surface area contributed by atoms with Gasteiger partial charge in [-0.15, -0.1) is 0 Å². The number of fused-ring (bicyclic) bond motifs is 1. The van der Waals surface area contributed by atoms with Crippen molar-refractivity contribution in [3.63, 3.8) is 0 Å². The van der Waals surface area contributed by atoms with Crippen molar-refractivity contribution in [2.45, 2.75) is 25.3 Å². The lowest BCUT2D eigenvalue weighted by Gasteiger charge is -2.09. The van der Waals surface area contributed by atoms with E-state index < -0.39 is 0 Å². The van der Waals surface area contributed by atoms with Crippen LogP contribution < -0.4 is 5.32 Å². The lowest BCUT2D eigenvalue weighted by molar-refractivity contribution is 0.584. The average molecular weight is 231 g/mol. The smallest absolute Gasteiger partial charge is 0.149 e. The molecule has 88 valence electrons. The number of benzene rings is 1. The number of nitrogens with zero attached hydrogens (tertiary/aromatic N) is 2. The molecule has 1 aromatic carbocycles. The monoisotopic (exact) mass is 231 g/mol. The maximum absolute atomic E-state index is 13.6. The highest BCUT2D eigenvalue weighted by molar-refractivity contribution is 5.77. The summed E-state index contributed by atoms with van der Waals surface area (Å²) in [6.45, 7) is 1.06. The van der Waals surface area contributed by atoms with Crippen molar-refractivity contribution >= 4 is 10.9 Å². The molecule has 1 fully saturated rings. The van der Waals surface area contributed by atoms with Crippen LogP contribution in [0.3, 0.4) is 0 Å². The lowest BCUT2D eigenvalue weighted by Crippen LogP contribution is -2.24. The van der Waals surface area contributed by atoms with Gasteiger partial charge in [0.2, 0.25) is 0 Å². The van der Waals surface area contributed by atoms with Gasteiger partial charge in [-0.1, -0.05) is 12.1 Å². The first-order valence-corrected chi connectivity index (χ1v) is 5.96. The predicted octanol–water partition coefficient (Wildman–Crippen LogP) is 2.06. The Bertz CT molecular complexity index is 535. The molecule has 1 unspecified atom stereocenters. The van der Waals surface area contributed by atoms with Crippen LogP contribution in [-0.2, 0) is 6.42 Å². The van der Waals surface area contributed by atoms with E-state index in [0.29, 0.717) is 11.6 Å². The van der Waals surface area contributed by atoms with E-state index in [1.165, 1.54) is 12.5 Å². The largest absolute Gasteiger partial charge is 0.314 e. The van der Waals surface area contributed by atoms with Gasteiger partial charge in [0, 0.05) is 24.0 Å². The fourth-order valence-electron chi connectivity index (χ4n) is 2.31. The summed E-state index contributed by atoms with van der Waals surface area (Å²) in [5, 5.41) is 4.15. The molecular weight excluding hydrogens is 217 g/mol. The van der Waals surface area contributed by atoms with Crippen LogP contribution in [0.4, 0.5) is 4.39 Å². The van der Waals surface area contributed by atoms with Gasteiger partial charge >= 0.3 is 0 Å². The van der Waals surface area contributed by atoms with E-state index >= 15 is 0 Å². The minimum atomic E-state index is -0.273. The van der Waals surface area contributed by atoms with Gasteiger partial charge in [-0.05, 0) is 25.5 Å². The van der Waals surface area contributed by atoms with E-state index in [1.54, 1.807) is 12.3 Å². The van der Waals surface area contributed by atoms with Crippen LogP contribution in [0.1, 0.15) is 18.7 Å². The first kappa shape index (κ1) is 10.6. The molecule has 2 heterocycles. The van der Waals surface area contributed by atoms with E-state index in [0.717, 1.165) is 30.6 Å². The predicted molar refractivity (Wildman–Crippen MR) is 64.2 cm³/mol. The summed E-state index contributed by atoms with van der Waals surface area (Å²) in [4.78, 5) is 8.61. The summed E-state index contributed by atoms with van der Waals surface area (Å²) >= 11 is 0. The summed E-state index contributed by atoms with van der Waals surface area (Å²) < 4.78 is 13.6. The maximum Gasteiger partial charge on any atom is 0.149 e. The second kappa shape index (κ2) is 4.37. The molecule has 3 nitrogen and oxygen atoms in total. The molecule has 4 heteroatoms. The van der Waals surface area contributed by atoms with Gasteiger partial charge in [-0.3, -0.25) is 0 Å². The Hall–Kier alpha value is -1.55. The molecule has 1 aliphatic heterocycles. The number of nitrogens with one attached hydrogen (secondary N) is 1. The Morgan fingerprint density at radius 1 is 1.41 bits per heavy atom. The van der Waals surface area contributed by atoms with Crippen molar-refractivity contribution in [2.24, 2.45) is 0 Å². The minimum Gasteiger partial charge on any atom is -0.314 e. The van der Waals surface area contributed by atoms with E-state index in [2.05, 4.69) is 15.3 Å². The zero-order chi connectivity index (χ0) is 11.7. The first-order valence-electron chi connectivity index (χ1n) is 5.96. The molecule has 17 heavy (non-hydrogen) atoms. The van der Waals surface area contributed by atoms with E-state index in [-0.39, 0.29) is 5.82 Å². The number of halogens is 1. The molecule has 0 saturated carbocycles. The molecule has 3 rings (SSSR count). The third-order valence-electron chi connectivity index (χ3n) is 3.20. The highest BCUT2D eigenvalue weighted by atomic mass is 19.1. The summed E-state index contributed by atoms with van der Waals surface area (Å²) in [5.74, 6) is 0.451. The van der Waals surface area contributed by atoms with Gasteiger partial charge < -0.3 is 5.32 Å². The standard InChI is InChI=1S/C13H14FN3/c14-11-5-1-3-9-8-16-12(17-13(9)11)7-10-4-2-6-15-10/h1,3,5,8,10,15H,2,4,6-7H2. The number of aromatic nitrogens is 2. The third kappa shape index (κ3) is 2.13. The molecule has 1 saturated heterocycles. The Kier molecular flexibility index (Phi) is 2.73. The van der Waals surface area contributed by atoms with Crippen molar-refractivity contribution in [1.82, 2.24) is 15.3 Å². The van der Waals surface area contributed by atoms with Gasteiger partial charge in [0.1, 0.15) is 17.2 Å². The molecule has 0 radical (unpaired) electrons. The van der Waals surface area contributed by atoms with Crippen molar-refractivity contribution in [2.75, 3.05) is 6.54 Å². The minimum absolute atomic E-state index is 0.273. The van der Waals surface area contributed by atoms with Gasteiger partial charge in [0.25, 0.3) is 0 Å². The van der Waals surface area contributed by atoms with Gasteiger partial charge in [0.05, 0.1) is 0 Å². The van der Waals surface area contributed by atoms with Crippen LogP contribution in [0.25, 0.3) is 10.9 Å². The average Bonchev–Trinajstić information content (AvgIpc) is 2.83. The molecule has 0 amide bonds. The van der Waals surface area contributed by atoms with Crippen LogP contribution in [0.15, 0.2) is 24.4 Å². The number of para-hydroxylation sites is 1. The van der Waals surface area contributed by atoms with Crippen LogP contribution in [-0.4, -0.2) is 22.6 Å². The number of hydrogen-bond donors (Lipinski definition) is 1. The Labute approximate surface area is 99.1 Å². The topological polar surface area (TPSA) is 37.8 Å². The Morgan fingerprint density at radius 2 is 2.35 bits per heavy atom. The molecular formula is C13H14FN3. The van der Waals surface area contributed by atoms with Gasteiger partial charge in [0.15, 0.2) is 0 Å². The SMILES string of the molecule is Fc1cccc2cnc(CC3CCCN3)nc12. The Balaban J connectivity index is 1.92. The Morgan fingerprint density at radius 3 is 3.18 bits per heavy atom. The van der Waals surface area contributed by atoms with E-state index in [9.17, 15) is 4.39 Å². The highest BCUT2D eigenvalue weighted by Gasteiger charge is 2.16. The maximum atomic E-state index is 13.6. The summed E-state index contributed by atoms with van der Waals surface area (Å²) in [6.07, 6.45) is 4.84. The zero-order valence-electron chi connectivity index (χ0n) is 9.49. The van der Waals surface area contributed by atoms with Crippen LogP contribution in [0, 0.1) is 5.82 Å². The van der Waals surface area contributed by atoms with Crippen LogP contribution in [0.5, 0.6) is 0 Å². The van der Waals surface area contributed by atoms with E-state index in [1.807, 2.05) is 6.07 Å². The highest BCUT2D eigenvalue weighted by Crippen LogP contribution is 2.16. The molecule has 2 aromatic rings. The summed E-state index contributed by atoms with van der Waals surface area (Å²) in [5.41, 5.74) is 0.426. The van der Waals surface area contributed by atoms with Crippen molar-refractivity contribution < 1.29 is 4.39 Å². The molecule has 0 bridgehead atoms. The zero-order valence-corrected chi connectivity index (χ0v) is 9.49. The summed E-state index contributed by atoms with van der Waals surface area (Å²) in [6, 6.07) is 5.39. The third-order valence-corrected chi connectivity index (χ3v) is 3.20. The van der Waals surface area contributed by atoms with Gasteiger partial charge in [-0.25, -0.2) is 14.4 Å². The van der Waals surface area contributed by atoms with Crippen molar-refractivity contribution in [1.29, 1.82) is 0 Å². The second-order valence-electron chi connectivity index (χ2n) is 4.46. The molecule has 1 aromatic heterocycles. The fourth-order valence-corrected chi connectivity index (χ4v) is 2.31. The van der Waals surface area contributed by atoms with Crippen LogP contribution >= 0.6 is 0 Å². The van der Waals surface area contributed by atoms with Crippen LogP contribution in [0.2, 0.25) is 0 Å². The van der Waals surface area contributed by atoms with Crippen molar-refractivity contribution in [3.8, 4) is 0 Å². The van der Waals surface area contributed by atoms with E-state index in [4.69, 9.17) is 0 Å². The second-order valence-corrected chi connectivity index (χ2v) is 4.46. The summed E-state index contributed by atoms with van der Waals surface area (Å²) in [7, 11) is 0. The number of hydrogen-bond acceptors (Lipinski definition) is 3. The molecule has 0 aliphatic carbocycles. The normalized spacial score (nSPS) is 19.9. The molecule has 1 aliphatic rings.